The van der Waals surface area contributed by atoms with E-state index in [1.807, 2.05) is 0 Å². The molecular weight excluding hydrogens is 396 g/mol. The molecule has 1 fully saturated rings. The summed E-state index contributed by atoms with van der Waals surface area (Å²) in [7, 11) is -3.35. The molecule has 0 aromatic heterocycles. The smallest absolute Gasteiger partial charge is 0.335 e. The number of benzene rings is 1. The lowest BCUT2D eigenvalue weighted by Gasteiger charge is -2.38. The molecule has 2 aliphatic heterocycles. The van der Waals surface area contributed by atoms with Gasteiger partial charge in [0.15, 0.2) is 5.78 Å². The van der Waals surface area contributed by atoms with E-state index in [2.05, 4.69) is 5.32 Å². The van der Waals surface area contributed by atoms with Crippen LogP contribution in [0.15, 0.2) is 35.4 Å². The Labute approximate surface area is 170 Å². The summed E-state index contributed by atoms with van der Waals surface area (Å²) in [5.41, 5.74) is 0.202. The van der Waals surface area contributed by atoms with E-state index in [4.69, 9.17) is 4.74 Å². The molecule has 0 unspecified atom stereocenters. The van der Waals surface area contributed by atoms with Gasteiger partial charge in [0.25, 0.3) is 5.91 Å². The molecule has 0 radical (unpaired) electrons. The molecule has 156 valence electrons. The van der Waals surface area contributed by atoms with Crippen LogP contribution in [-0.2, 0) is 24.3 Å². The highest BCUT2D eigenvalue weighted by Gasteiger charge is 2.51. The van der Waals surface area contributed by atoms with E-state index < -0.39 is 27.5 Å². The van der Waals surface area contributed by atoms with Gasteiger partial charge in [0, 0.05) is 42.8 Å². The molecule has 1 amide bonds. The van der Waals surface area contributed by atoms with Crippen LogP contribution in [0.5, 0.6) is 0 Å². The van der Waals surface area contributed by atoms with Crippen molar-refractivity contribution in [1.82, 2.24) is 4.31 Å². The summed E-state index contributed by atoms with van der Waals surface area (Å²) >= 11 is 0. The molecule has 1 spiro atoms. The Hall–Kier alpha value is -2.52. The summed E-state index contributed by atoms with van der Waals surface area (Å²) in [6.45, 7) is 4.89. The number of carbonyl (C=O) groups is 3. The number of piperidine rings is 1. The van der Waals surface area contributed by atoms with E-state index in [9.17, 15) is 22.8 Å². The normalized spacial score (nSPS) is 19.3. The number of hydrogen-bond donors (Lipinski definition) is 1. The maximum absolute atomic E-state index is 13.0. The Morgan fingerprint density at radius 3 is 2.48 bits per heavy atom. The second-order valence-electron chi connectivity index (χ2n) is 7.27. The Balaban J connectivity index is 1.85. The zero-order valence-electron chi connectivity index (χ0n) is 16.6. The highest BCUT2D eigenvalue weighted by molar-refractivity contribution is 7.89. The number of ether oxygens (including phenoxy) is 1. The van der Waals surface area contributed by atoms with Gasteiger partial charge in [-0.3, -0.25) is 9.59 Å². The van der Waals surface area contributed by atoms with Crippen molar-refractivity contribution in [2.45, 2.75) is 39.2 Å². The van der Waals surface area contributed by atoms with Crippen molar-refractivity contribution in [3.63, 3.8) is 0 Å². The first-order valence-electron chi connectivity index (χ1n) is 9.44. The standard InChI is InChI=1S/C20H24N2O6S/c1-4-29(26,27)22-10-8-20(9-11-22)17(13(2)19(25)28-20)18(24)21-16-7-5-6-15(12-16)14(3)23/h5-7,12H,4,8-11H2,1-3H3,(H,21,24). The van der Waals surface area contributed by atoms with Crippen molar-refractivity contribution in [2.24, 2.45) is 0 Å². The quantitative estimate of drug-likeness (QED) is 0.575. The van der Waals surface area contributed by atoms with Gasteiger partial charge in [-0.25, -0.2) is 17.5 Å². The minimum Gasteiger partial charge on any atom is -0.450 e. The van der Waals surface area contributed by atoms with Crippen LogP contribution in [0.25, 0.3) is 0 Å². The van der Waals surface area contributed by atoms with Crippen LogP contribution in [0.1, 0.15) is 44.0 Å². The zero-order chi connectivity index (χ0) is 21.4. The number of sulfonamides is 1. The summed E-state index contributed by atoms with van der Waals surface area (Å²) in [5, 5.41) is 2.74. The van der Waals surface area contributed by atoms with Crippen LogP contribution in [0, 0.1) is 0 Å². The number of carbonyl (C=O) groups excluding carboxylic acids is 3. The molecule has 8 nitrogen and oxygen atoms in total. The number of nitrogens with zero attached hydrogens (tertiary/aromatic N) is 1. The Bertz CT molecular complexity index is 1000. The van der Waals surface area contributed by atoms with Gasteiger partial charge in [-0.1, -0.05) is 12.1 Å². The van der Waals surface area contributed by atoms with Gasteiger partial charge in [-0.15, -0.1) is 0 Å². The summed E-state index contributed by atoms with van der Waals surface area (Å²) < 4.78 is 31.2. The largest absolute Gasteiger partial charge is 0.450 e. The van der Waals surface area contributed by atoms with Crippen molar-refractivity contribution in [3.8, 4) is 0 Å². The van der Waals surface area contributed by atoms with E-state index >= 15 is 0 Å². The predicted molar refractivity (Wildman–Crippen MR) is 107 cm³/mol. The van der Waals surface area contributed by atoms with E-state index in [1.54, 1.807) is 31.2 Å². The number of amides is 1. The number of rotatable bonds is 5. The number of nitrogens with one attached hydrogen (secondary N) is 1. The SMILES string of the molecule is CCS(=O)(=O)N1CCC2(CC1)OC(=O)C(C)=C2C(=O)Nc1cccc(C(C)=O)c1. The van der Waals surface area contributed by atoms with Crippen LogP contribution < -0.4 is 5.32 Å². The predicted octanol–water partition coefficient (Wildman–Crippen LogP) is 1.89. The maximum Gasteiger partial charge on any atom is 0.335 e. The van der Waals surface area contributed by atoms with Crippen molar-refractivity contribution < 1.29 is 27.5 Å². The van der Waals surface area contributed by atoms with Gasteiger partial charge in [0.2, 0.25) is 10.0 Å². The first-order valence-corrected chi connectivity index (χ1v) is 11.1. The van der Waals surface area contributed by atoms with E-state index in [0.717, 1.165) is 0 Å². The highest BCUT2D eigenvalue weighted by Crippen LogP contribution is 2.42. The van der Waals surface area contributed by atoms with Crippen molar-refractivity contribution in [3.05, 3.63) is 41.0 Å². The lowest BCUT2D eigenvalue weighted by molar-refractivity contribution is -0.149. The molecule has 1 saturated heterocycles. The summed E-state index contributed by atoms with van der Waals surface area (Å²) in [6, 6.07) is 6.53. The van der Waals surface area contributed by atoms with Crippen LogP contribution >= 0.6 is 0 Å². The molecule has 0 atom stereocenters. The van der Waals surface area contributed by atoms with Gasteiger partial charge in [-0.05, 0) is 32.9 Å². The number of esters is 1. The number of hydrogen-bond acceptors (Lipinski definition) is 6. The average Bonchev–Trinajstić information content (AvgIpc) is 2.92. The van der Waals surface area contributed by atoms with Gasteiger partial charge < -0.3 is 10.1 Å². The molecule has 3 rings (SSSR count). The fourth-order valence-corrected chi connectivity index (χ4v) is 4.90. The van der Waals surface area contributed by atoms with Crippen LogP contribution in [0.4, 0.5) is 5.69 Å². The monoisotopic (exact) mass is 420 g/mol. The summed E-state index contributed by atoms with van der Waals surface area (Å²) in [5.74, 6) is -1.19. The zero-order valence-corrected chi connectivity index (χ0v) is 17.5. The summed E-state index contributed by atoms with van der Waals surface area (Å²) in [6.07, 6.45) is 0.428. The van der Waals surface area contributed by atoms with E-state index in [-0.39, 0.29) is 48.6 Å². The molecule has 0 bridgehead atoms. The number of ketones is 1. The topological polar surface area (TPSA) is 110 Å². The third-order valence-corrected chi connectivity index (χ3v) is 7.35. The third kappa shape index (κ3) is 3.97. The minimum atomic E-state index is -3.35. The second kappa shape index (κ2) is 7.72. The molecule has 2 aliphatic rings. The number of Topliss-reactive ketones (excluding diaryl/α,β-unsaturated/α-hetero) is 1. The molecule has 1 aromatic carbocycles. The highest BCUT2D eigenvalue weighted by atomic mass is 32.2. The van der Waals surface area contributed by atoms with Crippen molar-refractivity contribution in [2.75, 3.05) is 24.2 Å². The molecule has 1 N–H and O–H groups in total. The van der Waals surface area contributed by atoms with E-state index in [0.29, 0.717) is 11.3 Å². The lowest BCUT2D eigenvalue weighted by atomic mass is 9.83. The molecule has 0 saturated carbocycles. The Morgan fingerprint density at radius 1 is 1.24 bits per heavy atom. The first-order chi connectivity index (χ1) is 13.6. The molecule has 2 heterocycles. The van der Waals surface area contributed by atoms with Gasteiger partial charge in [0.05, 0.1) is 11.3 Å². The van der Waals surface area contributed by atoms with Gasteiger partial charge in [0.1, 0.15) is 5.60 Å². The van der Waals surface area contributed by atoms with Gasteiger partial charge >= 0.3 is 5.97 Å². The molecular formula is C20H24N2O6S. The minimum absolute atomic E-state index is 0.00547. The molecule has 0 aliphatic carbocycles. The second-order valence-corrected chi connectivity index (χ2v) is 9.53. The fraction of sp³-hybridized carbons (Fsp3) is 0.450. The Morgan fingerprint density at radius 2 is 1.90 bits per heavy atom. The first kappa shape index (κ1) is 21.2. The van der Waals surface area contributed by atoms with Crippen LogP contribution in [-0.4, -0.2) is 54.8 Å². The molecule has 9 heteroatoms. The molecule has 1 aromatic rings. The van der Waals surface area contributed by atoms with Crippen LogP contribution in [0.3, 0.4) is 0 Å². The van der Waals surface area contributed by atoms with Crippen molar-refractivity contribution >= 4 is 33.4 Å². The lowest BCUT2D eigenvalue weighted by Crippen LogP contribution is -2.49. The summed E-state index contributed by atoms with van der Waals surface area (Å²) in [4.78, 5) is 36.9. The average molecular weight is 420 g/mol. The van der Waals surface area contributed by atoms with Crippen LogP contribution in [0.2, 0.25) is 0 Å². The maximum atomic E-state index is 13.0. The third-order valence-electron chi connectivity index (χ3n) is 5.47. The van der Waals surface area contributed by atoms with Crippen molar-refractivity contribution in [1.29, 1.82) is 0 Å². The number of anilines is 1. The fourth-order valence-electron chi connectivity index (χ4n) is 3.80. The van der Waals surface area contributed by atoms with E-state index in [1.165, 1.54) is 18.2 Å². The van der Waals surface area contributed by atoms with Gasteiger partial charge in [-0.2, -0.15) is 0 Å². The molecule has 29 heavy (non-hydrogen) atoms. The Kier molecular flexibility index (Phi) is 5.64.